The van der Waals surface area contributed by atoms with E-state index < -0.39 is 6.10 Å². The molecule has 0 aliphatic carbocycles. The van der Waals surface area contributed by atoms with Gasteiger partial charge in [0.05, 0.1) is 10.6 Å². The van der Waals surface area contributed by atoms with Crippen LogP contribution in [0.15, 0.2) is 46.9 Å². The number of halogens is 2. The third-order valence-electron chi connectivity index (χ3n) is 3.70. The molecule has 1 aliphatic heterocycles. The summed E-state index contributed by atoms with van der Waals surface area (Å²) in [6, 6.07) is 12.9. The first-order chi connectivity index (χ1) is 9.66. The van der Waals surface area contributed by atoms with Gasteiger partial charge in [-0.2, -0.15) is 0 Å². The smallest absolute Gasteiger partial charge is 0.137 e. The molecule has 0 amide bonds. The average molecular weight is 336 g/mol. The van der Waals surface area contributed by atoms with E-state index in [1.165, 1.54) is 6.07 Å². The molecule has 0 saturated carbocycles. The fraction of sp³-hybridized carbons (Fsp3) is 0.250. The SMILES string of the molecule is OC1CCN(Cc2cccc(F)c2Br)c2ccccc21. The molecule has 0 fully saturated rings. The molecule has 0 aromatic heterocycles. The molecule has 0 bridgehead atoms. The van der Waals surface area contributed by atoms with E-state index in [0.29, 0.717) is 17.4 Å². The van der Waals surface area contributed by atoms with Gasteiger partial charge < -0.3 is 10.0 Å². The predicted molar refractivity (Wildman–Crippen MR) is 81.2 cm³/mol. The first kappa shape index (κ1) is 13.6. The van der Waals surface area contributed by atoms with Gasteiger partial charge in [-0.25, -0.2) is 4.39 Å². The lowest BCUT2D eigenvalue weighted by atomic mass is 9.98. The summed E-state index contributed by atoms with van der Waals surface area (Å²) in [5.41, 5.74) is 2.89. The van der Waals surface area contributed by atoms with Gasteiger partial charge in [-0.15, -0.1) is 0 Å². The topological polar surface area (TPSA) is 23.5 Å². The average Bonchev–Trinajstić information content (AvgIpc) is 2.47. The number of nitrogens with zero attached hydrogens (tertiary/aromatic N) is 1. The molecule has 20 heavy (non-hydrogen) atoms. The summed E-state index contributed by atoms with van der Waals surface area (Å²) in [5.74, 6) is -0.243. The molecule has 1 aliphatic rings. The van der Waals surface area contributed by atoms with Crippen LogP contribution in [0.2, 0.25) is 0 Å². The summed E-state index contributed by atoms with van der Waals surface area (Å²) in [7, 11) is 0. The summed E-state index contributed by atoms with van der Waals surface area (Å²) >= 11 is 3.31. The minimum Gasteiger partial charge on any atom is -0.388 e. The Morgan fingerprint density at radius 3 is 2.85 bits per heavy atom. The normalized spacial score (nSPS) is 17.9. The van der Waals surface area contributed by atoms with Gasteiger partial charge in [-0.1, -0.05) is 30.3 Å². The van der Waals surface area contributed by atoms with Crippen LogP contribution in [0.25, 0.3) is 0 Å². The van der Waals surface area contributed by atoms with E-state index >= 15 is 0 Å². The summed E-state index contributed by atoms with van der Waals surface area (Å²) in [6.45, 7) is 1.39. The predicted octanol–water partition coefficient (Wildman–Crippen LogP) is 4.03. The Morgan fingerprint density at radius 1 is 1.20 bits per heavy atom. The molecule has 2 aromatic carbocycles. The van der Waals surface area contributed by atoms with Crippen molar-refractivity contribution in [3.05, 3.63) is 63.9 Å². The number of anilines is 1. The van der Waals surface area contributed by atoms with E-state index in [4.69, 9.17) is 0 Å². The fourth-order valence-corrected chi connectivity index (χ4v) is 3.04. The van der Waals surface area contributed by atoms with Crippen molar-refractivity contribution in [3.63, 3.8) is 0 Å². The molecular formula is C16H15BrFNO. The highest BCUT2D eigenvalue weighted by Crippen LogP contribution is 2.35. The van der Waals surface area contributed by atoms with Crippen molar-refractivity contribution in [2.75, 3.05) is 11.4 Å². The molecule has 1 atom stereocenters. The lowest BCUT2D eigenvalue weighted by Crippen LogP contribution is -2.30. The second-order valence-corrected chi connectivity index (χ2v) is 5.79. The summed E-state index contributed by atoms with van der Waals surface area (Å²) in [6.07, 6.45) is 0.294. The van der Waals surface area contributed by atoms with E-state index in [1.54, 1.807) is 6.07 Å². The lowest BCUT2D eigenvalue weighted by molar-refractivity contribution is 0.164. The number of aliphatic hydroxyl groups excluding tert-OH is 1. The van der Waals surface area contributed by atoms with Crippen molar-refractivity contribution in [2.45, 2.75) is 19.1 Å². The van der Waals surface area contributed by atoms with Crippen molar-refractivity contribution < 1.29 is 9.50 Å². The molecule has 2 aromatic rings. The lowest BCUT2D eigenvalue weighted by Gasteiger charge is -2.34. The number of rotatable bonds is 2. The first-order valence-corrected chi connectivity index (χ1v) is 7.41. The molecule has 0 saturated heterocycles. The summed E-state index contributed by atoms with van der Waals surface area (Å²) in [4.78, 5) is 2.18. The van der Waals surface area contributed by atoms with Gasteiger partial charge >= 0.3 is 0 Å². The number of para-hydroxylation sites is 1. The molecule has 3 rings (SSSR count). The highest BCUT2D eigenvalue weighted by atomic mass is 79.9. The third-order valence-corrected chi connectivity index (χ3v) is 4.59. The molecular weight excluding hydrogens is 321 g/mol. The van der Waals surface area contributed by atoms with Crippen LogP contribution in [-0.4, -0.2) is 11.7 Å². The number of aliphatic hydroxyl groups is 1. The Morgan fingerprint density at radius 2 is 2.00 bits per heavy atom. The van der Waals surface area contributed by atoms with Crippen LogP contribution in [0.1, 0.15) is 23.7 Å². The fourth-order valence-electron chi connectivity index (χ4n) is 2.65. The van der Waals surface area contributed by atoms with Crippen LogP contribution in [0, 0.1) is 5.82 Å². The van der Waals surface area contributed by atoms with Crippen LogP contribution in [0.3, 0.4) is 0 Å². The Bertz CT molecular complexity index is 632. The zero-order chi connectivity index (χ0) is 14.1. The molecule has 2 nitrogen and oxygen atoms in total. The Balaban J connectivity index is 1.93. The number of fused-ring (bicyclic) bond motifs is 1. The molecule has 4 heteroatoms. The van der Waals surface area contributed by atoms with Gasteiger partial charge in [0, 0.05) is 24.3 Å². The van der Waals surface area contributed by atoms with Crippen LogP contribution >= 0.6 is 15.9 Å². The summed E-state index contributed by atoms with van der Waals surface area (Å²) < 4.78 is 14.1. The van der Waals surface area contributed by atoms with Gasteiger partial charge in [0.1, 0.15) is 5.82 Å². The van der Waals surface area contributed by atoms with E-state index in [9.17, 15) is 9.50 Å². The summed E-state index contributed by atoms with van der Waals surface area (Å²) in [5, 5.41) is 10.0. The van der Waals surface area contributed by atoms with Crippen LogP contribution < -0.4 is 4.90 Å². The minimum absolute atomic E-state index is 0.243. The zero-order valence-corrected chi connectivity index (χ0v) is 12.5. The maximum atomic E-state index is 13.6. The second kappa shape index (κ2) is 5.54. The van der Waals surface area contributed by atoms with Crippen molar-refractivity contribution in [1.29, 1.82) is 0 Å². The zero-order valence-electron chi connectivity index (χ0n) is 10.9. The van der Waals surface area contributed by atoms with Crippen molar-refractivity contribution >= 4 is 21.6 Å². The van der Waals surface area contributed by atoms with Crippen LogP contribution in [0.4, 0.5) is 10.1 Å². The van der Waals surface area contributed by atoms with Gasteiger partial charge in [0.2, 0.25) is 0 Å². The third kappa shape index (κ3) is 2.45. The maximum absolute atomic E-state index is 13.6. The maximum Gasteiger partial charge on any atom is 0.137 e. The Labute approximate surface area is 126 Å². The van der Waals surface area contributed by atoms with E-state index in [1.807, 2.05) is 30.3 Å². The van der Waals surface area contributed by atoms with E-state index in [-0.39, 0.29) is 5.82 Å². The monoisotopic (exact) mass is 335 g/mol. The van der Waals surface area contributed by atoms with Gasteiger partial charge in [0.25, 0.3) is 0 Å². The van der Waals surface area contributed by atoms with E-state index in [0.717, 1.165) is 23.4 Å². The number of hydrogen-bond donors (Lipinski definition) is 1. The standard InChI is InChI=1S/C16H15BrFNO/c17-16-11(4-3-6-13(16)18)10-19-9-8-15(20)12-5-1-2-7-14(12)19/h1-7,15,20H,8-10H2. The van der Waals surface area contributed by atoms with Crippen molar-refractivity contribution in [1.82, 2.24) is 0 Å². The highest BCUT2D eigenvalue weighted by Gasteiger charge is 2.23. The Kier molecular flexibility index (Phi) is 3.76. The van der Waals surface area contributed by atoms with Crippen LogP contribution in [-0.2, 0) is 6.54 Å². The molecule has 1 unspecified atom stereocenters. The Hall–Kier alpha value is -1.39. The largest absolute Gasteiger partial charge is 0.388 e. The van der Waals surface area contributed by atoms with E-state index in [2.05, 4.69) is 20.8 Å². The first-order valence-electron chi connectivity index (χ1n) is 6.61. The molecule has 1 N–H and O–H groups in total. The van der Waals surface area contributed by atoms with Crippen molar-refractivity contribution in [2.24, 2.45) is 0 Å². The number of hydrogen-bond acceptors (Lipinski definition) is 2. The van der Waals surface area contributed by atoms with Crippen LogP contribution in [0.5, 0.6) is 0 Å². The second-order valence-electron chi connectivity index (χ2n) is 5.00. The minimum atomic E-state index is -0.404. The van der Waals surface area contributed by atoms with Gasteiger partial charge in [-0.3, -0.25) is 0 Å². The molecule has 1 heterocycles. The highest BCUT2D eigenvalue weighted by molar-refractivity contribution is 9.10. The molecule has 0 spiro atoms. The van der Waals surface area contributed by atoms with Gasteiger partial charge in [0.15, 0.2) is 0 Å². The molecule has 104 valence electrons. The van der Waals surface area contributed by atoms with Gasteiger partial charge in [-0.05, 0) is 40.0 Å². The molecule has 0 radical (unpaired) electrons. The quantitative estimate of drug-likeness (QED) is 0.895. The number of benzene rings is 2. The van der Waals surface area contributed by atoms with Crippen molar-refractivity contribution in [3.8, 4) is 0 Å².